The molecule has 3 nitrogen and oxygen atoms in total. The molecular formula is C12H24N2O. The van der Waals surface area contributed by atoms with E-state index in [4.69, 9.17) is 0 Å². The van der Waals surface area contributed by atoms with Crippen molar-refractivity contribution in [2.24, 2.45) is 11.8 Å². The molecule has 0 aromatic heterocycles. The Bertz CT molecular complexity index is 204. The molecule has 2 N–H and O–H groups in total. The molecule has 0 bridgehead atoms. The van der Waals surface area contributed by atoms with Gasteiger partial charge in [0.15, 0.2) is 0 Å². The normalized spacial score (nSPS) is 26.7. The lowest BCUT2D eigenvalue weighted by Gasteiger charge is -2.28. The van der Waals surface area contributed by atoms with Gasteiger partial charge in [-0.25, -0.2) is 0 Å². The van der Waals surface area contributed by atoms with Gasteiger partial charge in [0.05, 0.1) is 0 Å². The molecule has 2 unspecified atom stereocenters. The number of piperidine rings is 1. The van der Waals surface area contributed by atoms with E-state index < -0.39 is 0 Å². The summed E-state index contributed by atoms with van der Waals surface area (Å²) in [6.07, 6.45) is 2.77. The minimum atomic E-state index is 0.213. The summed E-state index contributed by atoms with van der Waals surface area (Å²) in [6, 6.07) is 0.341. The molecule has 1 heterocycles. The highest BCUT2D eigenvalue weighted by Gasteiger charge is 2.19. The first-order chi connectivity index (χ1) is 7.08. The molecule has 0 spiro atoms. The van der Waals surface area contributed by atoms with Gasteiger partial charge < -0.3 is 10.6 Å². The Morgan fingerprint density at radius 2 is 2.20 bits per heavy atom. The summed E-state index contributed by atoms with van der Waals surface area (Å²) in [4.78, 5) is 11.6. The van der Waals surface area contributed by atoms with Crippen molar-refractivity contribution in [1.29, 1.82) is 0 Å². The number of carbonyl (C=O) groups is 1. The van der Waals surface area contributed by atoms with Gasteiger partial charge in [0.25, 0.3) is 0 Å². The Kier molecular flexibility index (Phi) is 5.09. The van der Waals surface area contributed by atoms with Crippen molar-refractivity contribution in [3.63, 3.8) is 0 Å². The lowest BCUT2D eigenvalue weighted by molar-refractivity contribution is -0.122. The van der Waals surface area contributed by atoms with Gasteiger partial charge >= 0.3 is 0 Å². The number of hydrogen-bond donors (Lipinski definition) is 2. The summed E-state index contributed by atoms with van der Waals surface area (Å²) in [5, 5.41) is 6.44. The fourth-order valence-corrected chi connectivity index (χ4v) is 1.99. The standard InChI is InChI=1S/C12H24N2O/c1-9(2)4-5-12(15)14-11-6-10(3)7-13-8-11/h9-11,13H,4-8H2,1-3H3,(H,14,15). The molecule has 0 saturated carbocycles. The van der Waals surface area contributed by atoms with Crippen LogP contribution in [0.15, 0.2) is 0 Å². The highest BCUT2D eigenvalue weighted by atomic mass is 16.1. The Hall–Kier alpha value is -0.570. The minimum absolute atomic E-state index is 0.213. The zero-order valence-corrected chi connectivity index (χ0v) is 10.2. The van der Waals surface area contributed by atoms with E-state index in [1.165, 1.54) is 0 Å². The molecule has 15 heavy (non-hydrogen) atoms. The first kappa shape index (κ1) is 12.5. The van der Waals surface area contributed by atoms with E-state index in [2.05, 4.69) is 31.4 Å². The van der Waals surface area contributed by atoms with Crippen molar-refractivity contribution in [3.05, 3.63) is 0 Å². The SMILES string of the molecule is CC(C)CCC(=O)NC1CNCC(C)C1. The molecule has 0 aliphatic carbocycles. The molecule has 88 valence electrons. The van der Waals surface area contributed by atoms with E-state index >= 15 is 0 Å². The van der Waals surface area contributed by atoms with E-state index in [0.29, 0.717) is 24.3 Å². The van der Waals surface area contributed by atoms with Crippen LogP contribution in [0.4, 0.5) is 0 Å². The van der Waals surface area contributed by atoms with Gasteiger partial charge in [0, 0.05) is 19.0 Å². The van der Waals surface area contributed by atoms with E-state index in [1.807, 2.05) is 0 Å². The number of hydrogen-bond acceptors (Lipinski definition) is 2. The molecule has 1 aliphatic heterocycles. The maximum absolute atomic E-state index is 11.6. The highest BCUT2D eigenvalue weighted by molar-refractivity contribution is 5.76. The van der Waals surface area contributed by atoms with Crippen LogP contribution in [0.5, 0.6) is 0 Å². The monoisotopic (exact) mass is 212 g/mol. The van der Waals surface area contributed by atoms with Crippen LogP contribution in [0.2, 0.25) is 0 Å². The first-order valence-corrected chi connectivity index (χ1v) is 6.08. The second-order valence-electron chi connectivity index (χ2n) is 5.20. The second kappa shape index (κ2) is 6.11. The van der Waals surface area contributed by atoms with Crippen molar-refractivity contribution in [1.82, 2.24) is 10.6 Å². The van der Waals surface area contributed by atoms with E-state index in [1.54, 1.807) is 0 Å². The van der Waals surface area contributed by atoms with Crippen molar-refractivity contribution in [2.45, 2.75) is 46.1 Å². The van der Waals surface area contributed by atoms with Crippen molar-refractivity contribution < 1.29 is 4.79 Å². The summed E-state index contributed by atoms with van der Waals surface area (Å²) < 4.78 is 0. The molecule has 0 aromatic rings. The predicted molar refractivity (Wildman–Crippen MR) is 62.7 cm³/mol. The number of rotatable bonds is 4. The van der Waals surface area contributed by atoms with Crippen molar-refractivity contribution in [2.75, 3.05) is 13.1 Å². The first-order valence-electron chi connectivity index (χ1n) is 6.08. The summed E-state index contributed by atoms with van der Waals surface area (Å²) in [5.74, 6) is 1.50. The van der Waals surface area contributed by atoms with Gasteiger partial charge in [-0.3, -0.25) is 4.79 Å². The van der Waals surface area contributed by atoms with Gasteiger partial charge in [-0.1, -0.05) is 20.8 Å². The zero-order valence-electron chi connectivity index (χ0n) is 10.2. The van der Waals surface area contributed by atoms with Crippen LogP contribution >= 0.6 is 0 Å². The molecular weight excluding hydrogens is 188 g/mol. The van der Waals surface area contributed by atoms with E-state index in [0.717, 1.165) is 25.9 Å². The van der Waals surface area contributed by atoms with Crippen molar-refractivity contribution >= 4 is 5.91 Å². The molecule has 3 heteroatoms. The van der Waals surface area contributed by atoms with Crippen LogP contribution in [-0.4, -0.2) is 25.0 Å². The van der Waals surface area contributed by atoms with Crippen LogP contribution in [-0.2, 0) is 4.79 Å². The lowest BCUT2D eigenvalue weighted by Crippen LogP contribution is -2.48. The van der Waals surface area contributed by atoms with Crippen LogP contribution in [0, 0.1) is 11.8 Å². The summed E-state index contributed by atoms with van der Waals surface area (Å²) in [6.45, 7) is 8.53. The van der Waals surface area contributed by atoms with Crippen LogP contribution in [0.3, 0.4) is 0 Å². The third-order valence-electron chi connectivity index (χ3n) is 2.88. The zero-order chi connectivity index (χ0) is 11.3. The topological polar surface area (TPSA) is 41.1 Å². The molecule has 0 radical (unpaired) electrons. The molecule has 1 amide bonds. The number of carbonyl (C=O) groups excluding carboxylic acids is 1. The van der Waals surface area contributed by atoms with E-state index in [9.17, 15) is 4.79 Å². The molecule has 1 aliphatic rings. The Morgan fingerprint density at radius 3 is 2.80 bits per heavy atom. The Balaban J connectivity index is 2.19. The maximum Gasteiger partial charge on any atom is 0.220 e. The fraction of sp³-hybridized carbons (Fsp3) is 0.917. The van der Waals surface area contributed by atoms with Gasteiger partial charge in [-0.15, -0.1) is 0 Å². The predicted octanol–water partition coefficient (Wildman–Crippen LogP) is 1.54. The highest BCUT2D eigenvalue weighted by Crippen LogP contribution is 2.10. The van der Waals surface area contributed by atoms with Gasteiger partial charge in [-0.2, -0.15) is 0 Å². The quantitative estimate of drug-likeness (QED) is 0.742. The maximum atomic E-state index is 11.6. The number of nitrogens with one attached hydrogen (secondary N) is 2. The molecule has 1 rings (SSSR count). The van der Waals surface area contributed by atoms with E-state index in [-0.39, 0.29) is 5.91 Å². The largest absolute Gasteiger partial charge is 0.352 e. The van der Waals surface area contributed by atoms with Gasteiger partial charge in [0.1, 0.15) is 0 Å². The third-order valence-corrected chi connectivity index (χ3v) is 2.88. The number of amides is 1. The van der Waals surface area contributed by atoms with Crippen molar-refractivity contribution in [3.8, 4) is 0 Å². The van der Waals surface area contributed by atoms with Crippen LogP contribution in [0.25, 0.3) is 0 Å². The molecule has 1 saturated heterocycles. The Morgan fingerprint density at radius 1 is 1.47 bits per heavy atom. The van der Waals surface area contributed by atoms with Crippen LogP contribution in [0.1, 0.15) is 40.0 Å². The van der Waals surface area contributed by atoms with Crippen LogP contribution < -0.4 is 10.6 Å². The summed E-state index contributed by atoms with van der Waals surface area (Å²) in [5.41, 5.74) is 0. The third kappa shape index (κ3) is 5.17. The average molecular weight is 212 g/mol. The molecule has 2 atom stereocenters. The molecule has 1 fully saturated rings. The lowest BCUT2D eigenvalue weighted by atomic mass is 9.97. The average Bonchev–Trinajstić information content (AvgIpc) is 2.15. The minimum Gasteiger partial charge on any atom is -0.352 e. The smallest absolute Gasteiger partial charge is 0.220 e. The Labute approximate surface area is 93.0 Å². The summed E-state index contributed by atoms with van der Waals surface area (Å²) >= 11 is 0. The molecule has 0 aromatic carbocycles. The van der Waals surface area contributed by atoms with Gasteiger partial charge in [-0.05, 0) is 31.2 Å². The summed E-state index contributed by atoms with van der Waals surface area (Å²) in [7, 11) is 0. The fourth-order valence-electron chi connectivity index (χ4n) is 1.99. The van der Waals surface area contributed by atoms with Gasteiger partial charge in [0.2, 0.25) is 5.91 Å². The second-order valence-corrected chi connectivity index (χ2v) is 5.20.